The van der Waals surface area contributed by atoms with E-state index in [0.29, 0.717) is 13.0 Å². The van der Waals surface area contributed by atoms with Gasteiger partial charge < -0.3 is 9.64 Å². The minimum absolute atomic E-state index is 0.136. The summed E-state index contributed by atoms with van der Waals surface area (Å²) in [6.07, 6.45) is 5.06. The molecular formula is C24H31N3O2S. The molecule has 4 rings (SSSR count). The van der Waals surface area contributed by atoms with E-state index in [2.05, 4.69) is 24.8 Å². The Bertz CT molecular complexity index is 1080. The van der Waals surface area contributed by atoms with Gasteiger partial charge in [0, 0.05) is 30.0 Å². The highest BCUT2D eigenvalue weighted by atomic mass is 32.1. The monoisotopic (exact) mass is 425 g/mol. The molecule has 0 fully saturated rings. The lowest BCUT2D eigenvalue weighted by atomic mass is 9.97. The van der Waals surface area contributed by atoms with Crippen LogP contribution in [0.4, 0.5) is 0 Å². The summed E-state index contributed by atoms with van der Waals surface area (Å²) < 4.78 is 7.48. The third kappa shape index (κ3) is 4.03. The molecule has 1 aliphatic carbocycles. The van der Waals surface area contributed by atoms with Gasteiger partial charge in [-0.2, -0.15) is 0 Å². The first kappa shape index (κ1) is 21.1. The first-order valence-electron chi connectivity index (χ1n) is 11.0. The summed E-state index contributed by atoms with van der Waals surface area (Å²) in [7, 11) is 1.69. The van der Waals surface area contributed by atoms with E-state index in [-0.39, 0.29) is 5.56 Å². The number of benzene rings is 1. The van der Waals surface area contributed by atoms with E-state index in [1.54, 1.807) is 18.4 Å². The molecule has 0 amide bonds. The van der Waals surface area contributed by atoms with Crippen LogP contribution in [0.5, 0.6) is 5.75 Å². The summed E-state index contributed by atoms with van der Waals surface area (Å²) in [6.45, 7) is 7.81. The van der Waals surface area contributed by atoms with Crippen LogP contribution >= 0.6 is 11.3 Å². The Morgan fingerprint density at radius 2 is 1.93 bits per heavy atom. The number of nitrogens with zero attached hydrogens (tertiary/aromatic N) is 3. The fourth-order valence-electron chi connectivity index (χ4n) is 4.45. The predicted octanol–water partition coefficient (Wildman–Crippen LogP) is 4.28. The SMILES string of the molecule is CCN(CC)CCn1c(Cc2ccccc2OC)nc2sc3c(c2c1=O)CCCC3. The first-order valence-corrected chi connectivity index (χ1v) is 11.9. The van der Waals surface area contributed by atoms with Crippen molar-refractivity contribution in [2.24, 2.45) is 0 Å². The Morgan fingerprint density at radius 3 is 2.70 bits per heavy atom. The van der Waals surface area contributed by atoms with Crippen LogP contribution in [-0.2, 0) is 25.8 Å². The molecule has 0 saturated heterocycles. The highest BCUT2D eigenvalue weighted by Crippen LogP contribution is 2.34. The zero-order chi connectivity index (χ0) is 21.1. The van der Waals surface area contributed by atoms with Crippen LogP contribution < -0.4 is 10.3 Å². The second-order valence-corrected chi connectivity index (χ2v) is 8.98. The largest absolute Gasteiger partial charge is 0.496 e. The number of likely N-dealkylation sites (N-methyl/N-ethyl adjacent to an activating group) is 1. The number of methoxy groups -OCH3 is 1. The lowest BCUT2D eigenvalue weighted by Crippen LogP contribution is -2.33. The number of ether oxygens (including phenoxy) is 1. The maximum atomic E-state index is 13.7. The highest BCUT2D eigenvalue weighted by molar-refractivity contribution is 7.18. The number of thiophene rings is 1. The minimum Gasteiger partial charge on any atom is -0.496 e. The Balaban J connectivity index is 1.82. The van der Waals surface area contributed by atoms with Gasteiger partial charge in [0.25, 0.3) is 5.56 Å². The average Bonchev–Trinajstić information content (AvgIpc) is 3.15. The summed E-state index contributed by atoms with van der Waals surface area (Å²) >= 11 is 1.72. The van der Waals surface area contributed by atoms with E-state index in [0.717, 1.165) is 59.8 Å². The van der Waals surface area contributed by atoms with Gasteiger partial charge >= 0.3 is 0 Å². The molecule has 0 spiro atoms. The molecule has 5 nitrogen and oxygen atoms in total. The Hall–Kier alpha value is -2.18. The number of hydrogen-bond acceptors (Lipinski definition) is 5. The summed E-state index contributed by atoms with van der Waals surface area (Å²) in [6, 6.07) is 8.01. The Labute approximate surface area is 182 Å². The topological polar surface area (TPSA) is 47.4 Å². The van der Waals surface area contributed by atoms with Crippen LogP contribution in [0.25, 0.3) is 10.2 Å². The lowest BCUT2D eigenvalue weighted by molar-refractivity contribution is 0.287. The van der Waals surface area contributed by atoms with Crippen molar-refractivity contribution in [1.29, 1.82) is 0 Å². The molecule has 160 valence electrons. The number of fused-ring (bicyclic) bond motifs is 3. The maximum Gasteiger partial charge on any atom is 0.262 e. The van der Waals surface area contributed by atoms with E-state index in [1.165, 1.54) is 23.3 Å². The van der Waals surface area contributed by atoms with Gasteiger partial charge in [-0.05, 0) is 50.4 Å². The van der Waals surface area contributed by atoms with Crippen LogP contribution in [0.15, 0.2) is 29.1 Å². The van der Waals surface area contributed by atoms with Gasteiger partial charge in [-0.1, -0.05) is 32.0 Å². The van der Waals surface area contributed by atoms with Crippen molar-refractivity contribution in [1.82, 2.24) is 14.5 Å². The van der Waals surface area contributed by atoms with Crippen LogP contribution in [0.3, 0.4) is 0 Å². The normalized spacial score (nSPS) is 13.7. The molecule has 0 aliphatic heterocycles. The highest BCUT2D eigenvalue weighted by Gasteiger charge is 2.22. The standard InChI is InChI=1S/C24H31N3O2S/c1-4-26(5-2)14-15-27-21(16-17-10-6-8-12-19(17)29-3)25-23-22(24(27)28)18-11-7-9-13-20(18)30-23/h6,8,10,12H,4-5,7,9,11,13-16H2,1-3H3. The van der Waals surface area contributed by atoms with E-state index >= 15 is 0 Å². The zero-order valence-electron chi connectivity index (χ0n) is 18.2. The van der Waals surface area contributed by atoms with Crippen molar-refractivity contribution >= 4 is 21.6 Å². The van der Waals surface area contributed by atoms with Gasteiger partial charge in [0.05, 0.1) is 12.5 Å². The second kappa shape index (κ2) is 9.31. The fourth-order valence-corrected chi connectivity index (χ4v) is 5.72. The van der Waals surface area contributed by atoms with Gasteiger partial charge in [0.2, 0.25) is 0 Å². The Kier molecular flexibility index (Phi) is 6.54. The summed E-state index contributed by atoms with van der Waals surface area (Å²) in [5.74, 6) is 1.68. The molecule has 0 saturated carbocycles. The second-order valence-electron chi connectivity index (χ2n) is 7.89. The third-order valence-electron chi connectivity index (χ3n) is 6.23. The zero-order valence-corrected chi connectivity index (χ0v) is 19.1. The molecule has 6 heteroatoms. The molecule has 2 heterocycles. The first-order chi connectivity index (χ1) is 14.7. The minimum atomic E-state index is 0.136. The van der Waals surface area contributed by atoms with E-state index in [9.17, 15) is 4.79 Å². The molecule has 30 heavy (non-hydrogen) atoms. The van der Waals surface area contributed by atoms with Gasteiger partial charge in [-0.25, -0.2) is 4.98 Å². The van der Waals surface area contributed by atoms with Crippen molar-refractivity contribution in [3.8, 4) is 5.75 Å². The molecule has 0 N–H and O–H groups in total. The maximum absolute atomic E-state index is 13.7. The molecule has 0 bridgehead atoms. The van der Waals surface area contributed by atoms with Crippen molar-refractivity contribution in [3.63, 3.8) is 0 Å². The molecule has 1 aromatic carbocycles. The quantitative estimate of drug-likeness (QED) is 0.541. The van der Waals surface area contributed by atoms with Crippen molar-refractivity contribution < 1.29 is 4.74 Å². The number of aromatic nitrogens is 2. The smallest absolute Gasteiger partial charge is 0.262 e. The summed E-state index contributed by atoms with van der Waals surface area (Å²) in [5.41, 5.74) is 2.46. The van der Waals surface area contributed by atoms with Crippen LogP contribution in [0.2, 0.25) is 0 Å². The van der Waals surface area contributed by atoms with Crippen molar-refractivity contribution in [2.75, 3.05) is 26.7 Å². The molecule has 2 aromatic heterocycles. The van der Waals surface area contributed by atoms with Gasteiger partial charge in [0.15, 0.2) is 0 Å². The number of hydrogen-bond donors (Lipinski definition) is 0. The van der Waals surface area contributed by atoms with Gasteiger partial charge in [-0.15, -0.1) is 11.3 Å². The molecule has 0 radical (unpaired) electrons. The van der Waals surface area contributed by atoms with E-state index < -0.39 is 0 Å². The third-order valence-corrected chi connectivity index (χ3v) is 7.41. The van der Waals surface area contributed by atoms with Crippen molar-refractivity contribution in [2.45, 2.75) is 52.5 Å². The van der Waals surface area contributed by atoms with E-state index in [4.69, 9.17) is 9.72 Å². The molecule has 3 aromatic rings. The van der Waals surface area contributed by atoms with Gasteiger partial charge in [0.1, 0.15) is 16.4 Å². The average molecular weight is 426 g/mol. The lowest BCUT2D eigenvalue weighted by Gasteiger charge is -2.20. The van der Waals surface area contributed by atoms with Crippen LogP contribution in [0, 0.1) is 0 Å². The van der Waals surface area contributed by atoms with Crippen LogP contribution in [0.1, 0.15) is 48.5 Å². The molecule has 1 aliphatic rings. The molecular weight excluding hydrogens is 394 g/mol. The summed E-state index contributed by atoms with van der Waals surface area (Å²) in [4.78, 5) is 23.4. The fraction of sp³-hybridized carbons (Fsp3) is 0.500. The van der Waals surface area contributed by atoms with E-state index in [1.807, 2.05) is 22.8 Å². The number of aryl methyl sites for hydroxylation is 2. The van der Waals surface area contributed by atoms with Gasteiger partial charge in [-0.3, -0.25) is 9.36 Å². The summed E-state index contributed by atoms with van der Waals surface area (Å²) in [5, 5.41) is 0.873. The molecule has 0 unspecified atom stereocenters. The van der Waals surface area contributed by atoms with Crippen LogP contribution in [-0.4, -0.2) is 41.2 Å². The molecule has 0 atom stereocenters. The number of para-hydroxylation sites is 1. The number of rotatable bonds is 8. The predicted molar refractivity (Wildman–Crippen MR) is 124 cm³/mol. The van der Waals surface area contributed by atoms with Crippen molar-refractivity contribution in [3.05, 3.63) is 56.4 Å². The Morgan fingerprint density at radius 1 is 1.17 bits per heavy atom.